The first-order valence-corrected chi connectivity index (χ1v) is 7.67. The van der Waals surface area contributed by atoms with E-state index in [0.717, 1.165) is 31.8 Å². The van der Waals surface area contributed by atoms with E-state index >= 15 is 0 Å². The van der Waals surface area contributed by atoms with Gasteiger partial charge < -0.3 is 10.2 Å². The SMILES string of the molecule is CCNC1CCCN(C2CCC(C)CC2C)C1=O. The minimum atomic E-state index is 0.0790. The largest absolute Gasteiger partial charge is 0.338 e. The van der Waals surface area contributed by atoms with Gasteiger partial charge in [0.15, 0.2) is 0 Å². The van der Waals surface area contributed by atoms with E-state index in [1.807, 2.05) is 0 Å². The first kappa shape index (κ1) is 13.9. The van der Waals surface area contributed by atoms with E-state index in [1.54, 1.807) is 0 Å². The third-order valence-electron chi connectivity index (χ3n) is 4.71. The first-order valence-electron chi connectivity index (χ1n) is 7.67. The molecule has 3 heteroatoms. The predicted molar refractivity (Wildman–Crippen MR) is 74.4 cm³/mol. The summed E-state index contributed by atoms with van der Waals surface area (Å²) >= 11 is 0. The maximum absolute atomic E-state index is 12.5. The molecule has 1 saturated heterocycles. The van der Waals surface area contributed by atoms with E-state index in [2.05, 4.69) is 31.0 Å². The highest BCUT2D eigenvalue weighted by Crippen LogP contribution is 2.33. The Kier molecular flexibility index (Phi) is 4.66. The fourth-order valence-corrected chi connectivity index (χ4v) is 3.78. The molecule has 18 heavy (non-hydrogen) atoms. The number of nitrogens with one attached hydrogen (secondary N) is 1. The van der Waals surface area contributed by atoms with Crippen molar-refractivity contribution in [2.24, 2.45) is 11.8 Å². The van der Waals surface area contributed by atoms with Gasteiger partial charge in [-0.05, 0) is 50.5 Å². The van der Waals surface area contributed by atoms with E-state index in [1.165, 1.54) is 19.3 Å². The summed E-state index contributed by atoms with van der Waals surface area (Å²) in [5, 5.41) is 3.34. The zero-order valence-electron chi connectivity index (χ0n) is 12.1. The molecule has 104 valence electrons. The molecule has 1 aliphatic carbocycles. The van der Waals surface area contributed by atoms with Gasteiger partial charge in [-0.1, -0.05) is 20.8 Å². The molecular weight excluding hydrogens is 224 g/mol. The van der Waals surface area contributed by atoms with Crippen LogP contribution in [0.15, 0.2) is 0 Å². The maximum atomic E-state index is 12.5. The van der Waals surface area contributed by atoms with E-state index in [0.29, 0.717) is 17.9 Å². The summed E-state index contributed by atoms with van der Waals surface area (Å²) in [5.41, 5.74) is 0. The number of hydrogen-bond acceptors (Lipinski definition) is 2. The van der Waals surface area contributed by atoms with Gasteiger partial charge in [0.1, 0.15) is 0 Å². The second kappa shape index (κ2) is 6.05. The van der Waals surface area contributed by atoms with Crippen molar-refractivity contribution in [2.45, 2.75) is 65.0 Å². The van der Waals surface area contributed by atoms with Crippen LogP contribution in [0.1, 0.15) is 52.9 Å². The normalized spacial score (nSPS) is 37.9. The minimum absolute atomic E-state index is 0.0790. The highest BCUT2D eigenvalue weighted by molar-refractivity contribution is 5.83. The minimum Gasteiger partial charge on any atom is -0.338 e. The summed E-state index contributed by atoms with van der Waals surface area (Å²) in [6, 6.07) is 0.574. The molecule has 0 spiro atoms. The number of amides is 1. The Morgan fingerprint density at radius 1 is 1.28 bits per heavy atom. The third-order valence-corrected chi connectivity index (χ3v) is 4.71. The third kappa shape index (κ3) is 2.87. The molecule has 2 aliphatic rings. The Labute approximate surface area is 111 Å². The predicted octanol–water partition coefficient (Wildman–Crippen LogP) is 2.41. The van der Waals surface area contributed by atoms with Gasteiger partial charge in [0.2, 0.25) is 5.91 Å². The Balaban J connectivity index is 2.00. The molecule has 2 fully saturated rings. The van der Waals surface area contributed by atoms with Crippen LogP contribution < -0.4 is 5.32 Å². The summed E-state index contributed by atoms with van der Waals surface area (Å²) in [5.74, 6) is 1.85. The molecule has 0 aromatic heterocycles. The van der Waals surface area contributed by atoms with Crippen LogP contribution in [0.4, 0.5) is 0 Å². The number of piperidine rings is 1. The highest BCUT2D eigenvalue weighted by Gasteiger charge is 2.37. The van der Waals surface area contributed by atoms with Crippen LogP contribution in [0.3, 0.4) is 0 Å². The van der Waals surface area contributed by atoms with Crippen molar-refractivity contribution in [3.63, 3.8) is 0 Å². The molecule has 4 unspecified atom stereocenters. The molecule has 2 rings (SSSR count). The van der Waals surface area contributed by atoms with Crippen molar-refractivity contribution < 1.29 is 4.79 Å². The van der Waals surface area contributed by atoms with Gasteiger partial charge in [0.25, 0.3) is 0 Å². The average Bonchev–Trinajstić information content (AvgIpc) is 2.33. The molecule has 0 aromatic rings. The lowest BCUT2D eigenvalue weighted by Crippen LogP contribution is -2.56. The number of nitrogens with zero attached hydrogens (tertiary/aromatic N) is 1. The smallest absolute Gasteiger partial charge is 0.239 e. The average molecular weight is 252 g/mol. The van der Waals surface area contributed by atoms with Crippen LogP contribution in [0.5, 0.6) is 0 Å². The van der Waals surface area contributed by atoms with Gasteiger partial charge in [0.05, 0.1) is 6.04 Å². The number of carbonyl (C=O) groups is 1. The fraction of sp³-hybridized carbons (Fsp3) is 0.933. The highest BCUT2D eigenvalue weighted by atomic mass is 16.2. The van der Waals surface area contributed by atoms with Crippen molar-refractivity contribution >= 4 is 5.91 Å². The Hall–Kier alpha value is -0.570. The van der Waals surface area contributed by atoms with Gasteiger partial charge in [-0.15, -0.1) is 0 Å². The van der Waals surface area contributed by atoms with Crippen LogP contribution in [0, 0.1) is 11.8 Å². The lowest BCUT2D eigenvalue weighted by molar-refractivity contribution is -0.140. The molecule has 0 bridgehead atoms. The lowest BCUT2D eigenvalue weighted by Gasteiger charge is -2.44. The monoisotopic (exact) mass is 252 g/mol. The lowest BCUT2D eigenvalue weighted by atomic mass is 9.78. The Morgan fingerprint density at radius 3 is 2.72 bits per heavy atom. The molecule has 1 heterocycles. The van der Waals surface area contributed by atoms with Gasteiger partial charge >= 0.3 is 0 Å². The quantitative estimate of drug-likeness (QED) is 0.836. The Bertz CT molecular complexity index is 290. The van der Waals surface area contributed by atoms with Gasteiger partial charge in [-0.25, -0.2) is 0 Å². The van der Waals surface area contributed by atoms with Gasteiger partial charge in [0, 0.05) is 12.6 Å². The fourth-order valence-electron chi connectivity index (χ4n) is 3.78. The van der Waals surface area contributed by atoms with Crippen molar-refractivity contribution in [3.8, 4) is 0 Å². The second-order valence-electron chi connectivity index (χ2n) is 6.25. The summed E-state index contributed by atoms with van der Waals surface area (Å²) < 4.78 is 0. The zero-order chi connectivity index (χ0) is 13.1. The van der Waals surface area contributed by atoms with Crippen molar-refractivity contribution in [1.82, 2.24) is 10.2 Å². The first-order chi connectivity index (χ1) is 8.63. The van der Waals surface area contributed by atoms with Gasteiger partial charge in [-0.2, -0.15) is 0 Å². The molecule has 0 aromatic carbocycles. The maximum Gasteiger partial charge on any atom is 0.239 e. The van der Waals surface area contributed by atoms with E-state index in [-0.39, 0.29) is 6.04 Å². The van der Waals surface area contributed by atoms with Crippen LogP contribution in [0.2, 0.25) is 0 Å². The molecule has 1 amide bonds. The molecule has 3 nitrogen and oxygen atoms in total. The summed E-state index contributed by atoms with van der Waals surface area (Å²) in [7, 11) is 0. The van der Waals surface area contributed by atoms with Crippen LogP contribution in [-0.4, -0.2) is 36.0 Å². The standard InChI is InChI=1S/C15H28N2O/c1-4-16-13-6-5-9-17(15(13)18)14-8-7-11(2)10-12(14)3/h11-14,16H,4-10H2,1-3H3. The zero-order valence-corrected chi connectivity index (χ0v) is 12.1. The van der Waals surface area contributed by atoms with Crippen LogP contribution >= 0.6 is 0 Å². The Morgan fingerprint density at radius 2 is 2.06 bits per heavy atom. The molecule has 4 atom stereocenters. The topological polar surface area (TPSA) is 32.3 Å². The number of rotatable bonds is 3. The van der Waals surface area contributed by atoms with E-state index < -0.39 is 0 Å². The number of likely N-dealkylation sites (N-methyl/N-ethyl adjacent to an activating group) is 1. The summed E-state index contributed by atoms with van der Waals surface area (Å²) in [6.45, 7) is 8.61. The van der Waals surface area contributed by atoms with E-state index in [4.69, 9.17) is 0 Å². The van der Waals surface area contributed by atoms with Crippen LogP contribution in [0.25, 0.3) is 0 Å². The molecule has 1 saturated carbocycles. The van der Waals surface area contributed by atoms with Crippen molar-refractivity contribution in [2.75, 3.05) is 13.1 Å². The van der Waals surface area contributed by atoms with Gasteiger partial charge in [-0.3, -0.25) is 4.79 Å². The summed E-state index contributed by atoms with van der Waals surface area (Å²) in [4.78, 5) is 14.7. The second-order valence-corrected chi connectivity index (χ2v) is 6.25. The molecule has 0 radical (unpaired) electrons. The number of carbonyl (C=O) groups excluding carboxylic acids is 1. The van der Waals surface area contributed by atoms with Crippen molar-refractivity contribution in [1.29, 1.82) is 0 Å². The number of likely N-dealkylation sites (tertiary alicyclic amines) is 1. The van der Waals surface area contributed by atoms with Crippen molar-refractivity contribution in [3.05, 3.63) is 0 Å². The number of hydrogen-bond donors (Lipinski definition) is 1. The summed E-state index contributed by atoms with van der Waals surface area (Å²) in [6.07, 6.45) is 5.93. The molecule has 1 aliphatic heterocycles. The molecular formula is C15H28N2O. The molecule has 1 N–H and O–H groups in total. The van der Waals surface area contributed by atoms with Crippen LogP contribution in [-0.2, 0) is 4.79 Å². The van der Waals surface area contributed by atoms with E-state index in [9.17, 15) is 4.79 Å².